The van der Waals surface area contributed by atoms with E-state index in [1.165, 1.54) is 17.4 Å². The summed E-state index contributed by atoms with van der Waals surface area (Å²) in [4.78, 5) is 40.6. The number of fused-ring (bicyclic) bond motifs is 1. The highest BCUT2D eigenvalue weighted by Gasteiger charge is 2.47. The third kappa shape index (κ3) is 12.5. The number of nitrogens with zero attached hydrogens (tertiary/aromatic N) is 7. The molecule has 64 heavy (non-hydrogen) atoms. The van der Waals surface area contributed by atoms with Crippen LogP contribution in [0.15, 0.2) is 78.1 Å². The van der Waals surface area contributed by atoms with Crippen molar-refractivity contribution in [3.05, 3.63) is 88.8 Å². The van der Waals surface area contributed by atoms with Gasteiger partial charge in [-0.05, 0) is 77.9 Å². The van der Waals surface area contributed by atoms with E-state index in [-0.39, 0.29) is 18.8 Å². The van der Waals surface area contributed by atoms with Crippen molar-refractivity contribution in [3.8, 4) is 5.69 Å². The minimum atomic E-state index is -1.28. The van der Waals surface area contributed by atoms with E-state index in [0.29, 0.717) is 44.6 Å². The van der Waals surface area contributed by atoms with Crippen LogP contribution >= 0.6 is 11.3 Å². The molecule has 17 heteroatoms. The van der Waals surface area contributed by atoms with E-state index in [1.807, 2.05) is 62.7 Å². The Bertz CT molecular complexity index is 2180. The summed E-state index contributed by atoms with van der Waals surface area (Å²) >= 11 is 1.54. The molecule has 3 aromatic heterocycles. The summed E-state index contributed by atoms with van der Waals surface area (Å²) in [6, 6.07) is 9.15. The Morgan fingerprint density at radius 3 is 2.53 bits per heavy atom. The summed E-state index contributed by atoms with van der Waals surface area (Å²) in [5.74, 6) is -2.94. The predicted molar refractivity (Wildman–Crippen MR) is 242 cm³/mol. The number of carbonyl (C=O) groups is 2. The summed E-state index contributed by atoms with van der Waals surface area (Å²) in [6.07, 6.45) is 4.29. The topological polar surface area (TPSA) is 206 Å². The standard InChI is InChI=1S/C47H65N7O9S/c1-8-40-34(27-55)19-28(2)13-14-38(56)29(3)20-33(46(30(4)39(57)22-42(58)62-40)63-47-45(60)43(52(6)7)44(59)31(5)61-47)15-17-53(26-41-48-16-18-64-41)24-35-25-54(51-50-35)36-21-32-11-9-10-12-37(32)49-23-36/h9-14,16,18-19,21,23,25,29-31,33-34,39-40,43-47,55,57,59-60H,8,15,17,20,22,24,26-27H2,1-7H3/b14-13+,28-19+/t29-,30+,31-,33+,34-,39-,40-,43+,44-,45-,46-,47+/m1/s1. The Morgan fingerprint density at radius 1 is 1.03 bits per heavy atom. The van der Waals surface area contributed by atoms with Gasteiger partial charge in [0.15, 0.2) is 12.1 Å². The molecule has 0 radical (unpaired) electrons. The fourth-order valence-corrected chi connectivity index (χ4v) is 9.51. The number of benzene rings is 1. The van der Waals surface area contributed by atoms with Gasteiger partial charge in [-0.25, -0.2) is 9.67 Å². The van der Waals surface area contributed by atoms with E-state index in [0.717, 1.165) is 27.2 Å². The molecule has 16 nitrogen and oxygen atoms in total. The number of cyclic esters (lactones) is 1. The largest absolute Gasteiger partial charge is 0.462 e. The number of rotatable bonds is 13. The van der Waals surface area contributed by atoms with Gasteiger partial charge in [0.2, 0.25) is 0 Å². The lowest BCUT2D eigenvalue weighted by molar-refractivity contribution is -0.304. The fraction of sp³-hybridized carbons (Fsp3) is 0.574. The SMILES string of the molecule is CC[C@H]1OC(=O)C[C@@H](O)[C@H](C)[C@@H](O[C@@H]2O[C@H](C)[C@@H](O)[C@H](N(C)C)[C@H]2O)[C@@H](CCN(Cc2cn(-c3cnc4ccccc4c3)nn2)Cc2nccs2)C[C@@H](C)C(=O)/C=C/C(C)=C/[C@@H]1CO. The molecule has 5 heterocycles. The average molecular weight is 904 g/mol. The molecule has 348 valence electrons. The zero-order valence-corrected chi connectivity index (χ0v) is 38.7. The van der Waals surface area contributed by atoms with Gasteiger partial charge in [0.25, 0.3) is 0 Å². The second-order valence-electron chi connectivity index (χ2n) is 17.7. The molecule has 0 bridgehead atoms. The number of hydrogen-bond acceptors (Lipinski definition) is 16. The molecule has 1 aromatic carbocycles. The summed E-state index contributed by atoms with van der Waals surface area (Å²) in [6.45, 7) is 10.1. The first-order valence-corrected chi connectivity index (χ1v) is 23.1. The molecule has 0 amide bonds. The van der Waals surface area contributed by atoms with E-state index in [2.05, 4.69) is 25.2 Å². The average Bonchev–Trinajstić information content (AvgIpc) is 3.98. The van der Waals surface area contributed by atoms with Crippen molar-refractivity contribution >= 4 is 34.0 Å². The molecule has 2 aliphatic heterocycles. The van der Waals surface area contributed by atoms with Gasteiger partial charge in [0, 0.05) is 41.3 Å². The van der Waals surface area contributed by atoms with Gasteiger partial charge in [0.1, 0.15) is 17.2 Å². The first-order chi connectivity index (χ1) is 30.6. The van der Waals surface area contributed by atoms with Crippen molar-refractivity contribution < 1.29 is 44.2 Å². The number of aromatic nitrogens is 5. The Kier molecular flexibility index (Phi) is 17.5. The molecular formula is C47H65N7O9S. The molecule has 0 spiro atoms. The second-order valence-corrected chi connectivity index (χ2v) is 18.6. The van der Waals surface area contributed by atoms with Gasteiger partial charge in [-0.2, -0.15) is 0 Å². The predicted octanol–water partition coefficient (Wildman–Crippen LogP) is 4.49. The fourth-order valence-electron chi connectivity index (χ4n) is 8.85. The second kappa shape index (κ2) is 22.7. The monoisotopic (exact) mass is 903 g/mol. The van der Waals surface area contributed by atoms with Gasteiger partial charge in [-0.1, -0.05) is 61.9 Å². The van der Waals surface area contributed by atoms with Gasteiger partial charge < -0.3 is 39.5 Å². The zero-order valence-electron chi connectivity index (χ0n) is 37.9. The maximum Gasteiger partial charge on any atom is 0.308 e. The third-order valence-corrected chi connectivity index (χ3v) is 13.4. The molecule has 0 saturated carbocycles. The van der Waals surface area contributed by atoms with Gasteiger partial charge in [0.05, 0.1) is 79.3 Å². The highest BCUT2D eigenvalue weighted by atomic mass is 32.1. The number of esters is 1. The molecule has 0 unspecified atom stereocenters. The number of allylic oxidation sites excluding steroid dienone is 3. The highest BCUT2D eigenvalue weighted by Crippen LogP contribution is 2.35. The lowest BCUT2D eigenvalue weighted by Gasteiger charge is -2.46. The smallest absolute Gasteiger partial charge is 0.308 e. The number of pyridine rings is 1. The minimum absolute atomic E-state index is 0.117. The van der Waals surface area contributed by atoms with Crippen LogP contribution in [0.5, 0.6) is 0 Å². The lowest BCUT2D eigenvalue weighted by atomic mass is 9.79. The van der Waals surface area contributed by atoms with E-state index in [1.54, 1.807) is 62.1 Å². The number of ether oxygens (including phenoxy) is 3. The maximum absolute atomic E-state index is 13.9. The van der Waals surface area contributed by atoms with Crippen LogP contribution in [0.25, 0.3) is 16.6 Å². The van der Waals surface area contributed by atoms with Crippen LogP contribution in [0.2, 0.25) is 0 Å². The number of aliphatic hydroxyl groups excluding tert-OH is 4. The molecule has 2 aliphatic rings. The van der Waals surface area contributed by atoms with Crippen LogP contribution in [0.4, 0.5) is 0 Å². The molecule has 1 saturated heterocycles. The molecule has 4 aromatic rings. The van der Waals surface area contributed by atoms with Crippen molar-refractivity contribution in [2.45, 2.75) is 122 Å². The number of hydrogen-bond donors (Lipinski definition) is 4. The summed E-state index contributed by atoms with van der Waals surface area (Å²) in [5.41, 5.74) is 3.09. The maximum atomic E-state index is 13.9. The Morgan fingerprint density at radius 2 is 1.81 bits per heavy atom. The summed E-state index contributed by atoms with van der Waals surface area (Å²) in [7, 11) is 3.52. The van der Waals surface area contributed by atoms with Gasteiger partial charge >= 0.3 is 5.97 Å². The summed E-state index contributed by atoms with van der Waals surface area (Å²) in [5, 5.41) is 57.7. The molecule has 4 N–H and O–H groups in total. The van der Waals surface area contributed by atoms with Crippen LogP contribution in [0.3, 0.4) is 0 Å². The van der Waals surface area contributed by atoms with Crippen LogP contribution in [0, 0.1) is 23.7 Å². The van der Waals surface area contributed by atoms with Crippen molar-refractivity contribution in [1.29, 1.82) is 0 Å². The number of ketones is 1. The number of carbonyl (C=O) groups excluding carboxylic acids is 2. The zero-order chi connectivity index (χ0) is 46.1. The normalized spacial score (nSPS) is 31.5. The van der Waals surface area contributed by atoms with Crippen LogP contribution in [-0.2, 0) is 36.9 Å². The Balaban J connectivity index is 1.34. The highest BCUT2D eigenvalue weighted by molar-refractivity contribution is 7.09. The third-order valence-electron chi connectivity index (χ3n) is 12.6. The van der Waals surface area contributed by atoms with E-state index >= 15 is 0 Å². The van der Waals surface area contributed by atoms with Gasteiger partial charge in [-0.15, -0.1) is 16.4 Å². The van der Waals surface area contributed by atoms with Crippen molar-refractivity contribution in [2.75, 3.05) is 27.2 Å². The molecular weight excluding hydrogens is 839 g/mol. The molecule has 12 atom stereocenters. The van der Waals surface area contributed by atoms with Crippen LogP contribution in [-0.4, -0.2) is 143 Å². The minimum Gasteiger partial charge on any atom is -0.462 e. The van der Waals surface area contributed by atoms with Crippen molar-refractivity contribution in [3.63, 3.8) is 0 Å². The Hall–Kier alpha value is -4.30. The van der Waals surface area contributed by atoms with Crippen LogP contribution < -0.4 is 0 Å². The van der Waals surface area contributed by atoms with Crippen LogP contribution in [0.1, 0.15) is 71.0 Å². The van der Waals surface area contributed by atoms with Crippen molar-refractivity contribution in [1.82, 2.24) is 34.8 Å². The molecule has 6 rings (SSSR count). The van der Waals surface area contributed by atoms with E-state index in [9.17, 15) is 30.0 Å². The summed E-state index contributed by atoms with van der Waals surface area (Å²) < 4.78 is 20.6. The first-order valence-electron chi connectivity index (χ1n) is 22.2. The van der Waals surface area contributed by atoms with E-state index in [4.69, 9.17) is 14.2 Å². The first kappa shape index (κ1) is 49.1. The van der Waals surface area contributed by atoms with Gasteiger partial charge in [-0.3, -0.25) is 19.5 Å². The lowest BCUT2D eigenvalue weighted by Crippen LogP contribution is -2.63. The number of aliphatic hydroxyl groups is 4. The number of likely N-dealkylation sites (N-methyl/N-ethyl adjacent to an activating group) is 1. The number of thiazole rings is 1. The Labute approximate surface area is 379 Å². The quantitative estimate of drug-likeness (QED) is 0.137. The molecule has 1 fully saturated rings. The molecule has 0 aliphatic carbocycles. The van der Waals surface area contributed by atoms with Crippen molar-refractivity contribution in [2.24, 2.45) is 23.7 Å². The van der Waals surface area contributed by atoms with E-state index < -0.39 is 78.6 Å². The number of para-hydroxylation sites is 1.